The van der Waals surface area contributed by atoms with E-state index in [1.807, 2.05) is 72.5 Å². The topological polar surface area (TPSA) is 103 Å². The molecule has 4 N–H and O–H groups in total. The first-order valence-electron chi connectivity index (χ1n) is 13.4. The van der Waals surface area contributed by atoms with E-state index in [4.69, 9.17) is 9.47 Å². The summed E-state index contributed by atoms with van der Waals surface area (Å²) in [6.45, 7) is 2.91. The molecule has 0 aliphatic carbocycles. The number of phenolic OH excluding ortho intramolecular Hbond substituents is 1. The summed E-state index contributed by atoms with van der Waals surface area (Å²) in [6, 6.07) is 31.1. The van der Waals surface area contributed by atoms with Gasteiger partial charge in [0, 0.05) is 24.7 Å². The molecule has 40 heavy (non-hydrogen) atoms. The van der Waals surface area contributed by atoms with Crippen molar-refractivity contribution in [2.75, 3.05) is 13.2 Å². The summed E-state index contributed by atoms with van der Waals surface area (Å²) in [6.07, 6.45) is -1.67. The summed E-state index contributed by atoms with van der Waals surface area (Å²) in [4.78, 5) is 2.01. The van der Waals surface area contributed by atoms with Gasteiger partial charge < -0.3 is 29.9 Å². The zero-order chi connectivity index (χ0) is 28.3. The fraction of sp³-hybridized carbons (Fsp3) is 0.273. The van der Waals surface area contributed by atoms with Crippen LogP contribution in [0.15, 0.2) is 103 Å². The number of benzene rings is 4. The number of rotatable bonds is 14. The molecule has 7 heteroatoms. The van der Waals surface area contributed by atoms with Crippen LogP contribution in [-0.4, -0.2) is 50.6 Å². The summed E-state index contributed by atoms with van der Waals surface area (Å²) < 4.78 is 11.8. The van der Waals surface area contributed by atoms with Gasteiger partial charge in [-0.15, -0.1) is 0 Å². The van der Waals surface area contributed by atoms with Gasteiger partial charge in [0.2, 0.25) is 0 Å². The van der Waals surface area contributed by atoms with Crippen LogP contribution in [-0.2, 0) is 19.8 Å². The fourth-order valence-electron chi connectivity index (χ4n) is 4.50. The van der Waals surface area contributed by atoms with Gasteiger partial charge in [0.15, 0.2) is 0 Å². The molecule has 0 heterocycles. The lowest BCUT2D eigenvalue weighted by Gasteiger charge is -2.34. The van der Waals surface area contributed by atoms with E-state index in [-0.39, 0.29) is 31.5 Å². The second-order valence-corrected chi connectivity index (χ2v) is 9.86. The Morgan fingerprint density at radius 3 is 2.08 bits per heavy atom. The van der Waals surface area contributed by atoms with Gasteiger partial charge in [0.1, 0.15) is 36.6 Å². The molecule has 0 radical (unpaired) electrons. The highest BCUT2D eigenvalue weighted by molar-refractivity contribution is 5.40. The third kappa shape index (κ3) is 8.31. The molecule has 0 amide bonds. The molecule has 4 rings (SSSR count). The molecular weight excluding hydrogens is 506 g/mol. The molecular formula is C33H37NO6. The minimum Gasteiger partial charge on any atom is -0.508 e. The lowest BCUT2D eigenvalue weighted by atomic mass is 10.0. The largest absolute Gasteiger partial charge is 0.508 e. The maximum Gasteiger partial charge on any atom is 0.125 e. The fourth-order valence-corrected chi connectivity index (χ4v) is 4.50. The van der Waals surface area contributed by atoms with E-state index >= 15 is 0 Å². The van der Waals surface area contributed by atoms with E-state index < -0.39 is 12.2 Å². The van der Waals surface area contributed by atoms with Crippen molar-refractivity contribution >= 4 is 0 Å². The predicted octanol–water partition coefficient (Wildman–Crippen LogP) is 4.83. The third-order valence-corrected chi connectivity index (χ3v) is 6.82. The van der Waals surface area contributed by atoms with Gasteiger partial charge in [-0.3, -0.25) is 4.90 Å². The standard InChI is InChI=1S/C33H37NO6/c1-24(33(38)27-12-14-29(36)15-13-27)34(19-25-8-4-2-5-9-25)20-30(37)23-39-31-16-17-32(28(18-31)21-35)40-22-26-10-6-3-7-11-26/h2-18,24,30,33,35-38H,19-23H2,1H3/t24?,30-,33?/m0/s1. The van der Waals surface area contributed by atoms with E-state index in [1.54, 1.807) is 42.5 Å². The molecule has 0 aliphatic heterocycles. The molecule has 3 atom stereocenters. The summed E-state index contributed by atoms with van der Waals surface area (Å²) in [5.74, 6) is 1.23. The zero-order valence-corrected chi connectivity index (χ0v) is 22.6. The number of nitrogens with zero attached hydrogens (tertiary/aromatic N) is 1. The van der Waals surface area contributed by atoms with E-state index in [2.05, 4.69) is 0 Å². The van der Waals surface area contributed by atoms with Crippen molar-refractivity contribution in [2.24, 2.45) is 0 Å². The second-order valence-electron chi connectivity index (χ2n) is 9.86. The minimum absolute atomic E-state index is 0.0302. The molecule has 0 saturated carbocycles. The summed E-state index contributed by atoms with van der Waals surface area (Å²) >= 11 is 0. The van der Waals surface area contributed by atoms with E-state index in [1.165, 1.54) is 0 Å². The summed E-state index contributed by atoms with van der Waals surface area (Å²) in [5, 5.41) is 41.5. The number of hydrogen-bond acceptors (Lipinski definition) is 7. The van der Waals surface area contributed by atoms with Crippen molar-refractivity contribution in [1.82, 2.24) is 4.90 Å². The molecule has 0 aromatic heterocycles. The molecule has 2 unspecified atom stereocenters. The van der Waals surface area contributed by atoms with Gasteiger partial charge in [-0.25, -0.2) is 0 Å². The van der Waals surface area contributed by atoms with Gasteiger partial charge >= 0.3 is 0 Å². The smallest absolute Gasteiger partial charge is 0.125 e. The Hall–Kier alpha value is -3.88. The lowest BCUT2D eigenvalue weighted by molar-refractivity contribution is 0.00898. The first kappa shape index (κ1) is 29.1. The molecule has 0 fully saturated rings. The Morgan fingerprint density at radius 1 is 0.775 bits per heavy atom. The van der Waals surface area contributed by atoms with Gasteiger partial charge in [0.25, 0.3) is 0 Å². The maximum atomic E-state index is 11.1. The zero-order valence-electron chi connectivity index (χ0n) is 22.6. The highest BCUT2D eigenvalue weighted by Crippen LogP contribution is 2.27. The molecule has 4 aromatic rings. The highest BCUT2D eigenvalue weighted by atomic mass is 16.5. The van der Waals surface area contributed by atoms with Crippen LogP contribution < -0.4 is 9.47 Å². The van der Waals surface area contributed by atoms with E-state index in [0.717, 1.165) is 11.1 Å². The Kier molecular flexibility index (Phi) is 10.5. The summed E-state index contributed by atoms with van der Waals surface area (Å²) in [5.41, 5.74) is 3.36. The predicted molar refractivity (Wildman–Crippen MR) is 154 cm³/mol. The van der Waals surface area contributed by atoms with E-state index in [9.17, 15) is 20.4 Å². The maximum absolute atomic E-state index is 11.1. The number of ether oxygens (including phenoxy) is 2. The molecule has 210 valence electrons. The van der Waals surface area contributed by atoms with Gasteiger partial charge in [-0.05, 0) is 53.9 Å². The van der Waals surface area contributed by atoms with Crippen LogP contribution in [0.1, 0.15) is 35.3 Å². The molecule has 0 aliphatic rings. The summed E-state index contributed by atoms with van der Waals surface area (Å²) in [7, 11) is 0. The normalized spacial score (nSPS) is 13.5. The van der Waals surface area contributed by atoms with Crippen LogP contribution in [0, 0.1) is 0 Å². The Bertz CT molecular complexity index is 1300. The first-order chi connectivity index (χ1) is 19.4. The Morgan fingerprint density at radius 2 is 1.43 bits per heavy atom. The average molecular weight is 544 g/mol. The van der Waals surface area contributed by atoms with Crippen molar-refractivity contribution in [3.8, 4) is 17.2 Å². The van der Waals surface area contributed by atoms with Gasteiger partial charge in [0.05, 0.1) is 12.7 Å². The van der Waals surface area contributed by atoms with Crippen molar-refractivity contribution in [1.29, 1.82) is 0 Å². The minimum atomic E-state index is -0.843. The van der Waals surface area contributed by atoms with Crippen LogP contribution in [0.25, 0.3) is 0 Å². The second kappa shape index (κ2) is 14.5. The van der Waals surface area contributed by atoms with Gasteiger partial charge in [-0.2, -0.15) is 0 Å². The van der Waals surface area contributed by atoms with Crippen LogP contribution in [0.2, 0.25) is 0 Å². The molecule has 0 saturated heterocycles. The van der Waals surface area contributed by atoms with Crippen LogP contribution in [0.4, 0.5) is 0 Å². The number of aliphatic hydroxyl groups is 3. The monoisotopic (exact) mass is 543 g/mol. The van der Waals surface area contributed by atoms with Crippen molar-refractivity contribution in [3.05, 3.63) is 125 Å². The SMILES string of the molecule is CC(C(O)c1ccc(O)cc1)N(Cc1ccccc1)C[C@H](O)COc1ccc(OCc2ccccc2)c(CO)c1. The van der Waals surface area contributed by atoms with Crippen LogP contribution >= 0.6 is 0 Å². The third-order valence-electron chi connectivity index (χ3n) is 6.82. The van der Waals surface area contributed by atoms with Crippen molar-refractivity contribution in [3.63, 3.8) is 0 Å². The van der Waals surface area contributed by atoms with Gasteiger partial charge in [-0.1, -0.05) is 72.8 Å². The lowest BCUT2D eigenvalue weighted by Crippen LogP contribution is -2.43. The number of hydrogen-bond donors (Lipinski definition) is 4. The molecule has 4 aromatic carbocycles. The first-order valence-corrected chi connectivity index (χ1v) is 13.4. The molecule has 7 nitrogen and oxygen atoms in total. The highest BCUT2D eigenvalue weighted by Gasteiger charge is 2.25. The molecule has 0 spiro atoms. The van der Waals surface area contributed by atoms with Crippen molar-refractivity contribution in [2.45, 2.75) is 44.9 Å². The quantitative estimate of drug-likeness (QED) is 0.181. The van der Waals surface area contributed by atoms with E-state index in [0.29, 0.717) is 35.8 Å². The number of aliphatic hydroxyl groups excluding tert-OH is 3. The number of aromatic hydroxyl groups is 1. The number of phenols is 1. The van der Waals surface area contributed by atoms with Crippen LogP contribution in [0.5, 0.6) is 17.2 Å². The Labute approximate surface area is 235 Å². The molecule has 0 bridgehead atoms. The Balaban J connectivity index is 1.39. The average Bonchev–Trinajstić information content (AvgIpc) is 2.99. The van der Waals surface area contributed by atoms with Crippen molar-refractivity contribution < 1.29 is 29.9 Å². The van der Waals surface area contributed by atoms with Crippen LogP contribution in [0.3, 0.4) is 0 Å².